The van der Waals surface area contributed by atoms with Crippen molar-refractivity contribution in [2.24, 2.45) is 0 Å². The summed E-state index contributed by atoms with van der Waals surface area (Å²) in [6.07, 6.45) is 2.54. The first kappa shape index (κ1) is 19.8. The Morgan fingerprint density at radius 3 is 2.61 bits per heavy atom. The normalized spacial score (nSPS) is 14.1. The summed E-state index contributed by atoms with van der Waals surface area (Å²) in [4.78, 5) is 56.6. The van der Waals surface area contributed by atoms with Gasteiger partial charge in [0, 0.05) is 18.2 Å². The Morgan fingerprint density at radius 2 is 2.04 bits per heavy atom. The molecule has 1 aliphatic carbocycles. The Bertz CT molecular complexity index is 1060. The molecule has 1 saturated carbocycles. The molecule has 1 aliphatic rings. The minimum Gasteiger partial charge on any atom is -0.467 e. The van der Waals surface area contributed by atoms with Gasteiger partial charge in [-0.05, 0) is 39.2 Å². The smallest absolute Gasteiger partial charge is 0.330 e. The highest BCUT2D eigenvalue weighted by molar-refractivity contribution is 6.07. The minimum atomic E-state index is -1.29. The summed E-state index contributed by atoms with van der Waals surface area (Å²) in [5.41, 5.74) is -1.56. The lowest BCUT2D eigenvalue weighted by Gasteiger charge is -2.23. The van der Waals surface area contributed by atoms with Crippen LogP contribution in [0.1, 0.15) is 62.0 Å². The van der Waals surface area contributed by atoms with E-state index in [0.29, 0.717) is 18.7 Å². The van der Waals surface area contributed by atoms with Crippen LogP contribution in [0.2, 0.25) is 0 Å². The highest BCUT2D eigenvalue weighted by Crippen LogP contribution is 2.39. The molecule has 28 heavy (non-hydrogen) atoms. The van der Waals surface area contributed by atoms with Crippen LogP contribution in [0.15, 0.2) is 15.7 Å². The topological polar surface area (TPSA) is 123 Å². The van der Waals surface area contributed by atoms with Crippen LogP contribution in [0.25, 0.3) is 11.0 Å². The highest BCUT2D eigenvalue weighted by Gasteiger charge is 2.33. The Kier molecular flexibility index (Phi) is 5.10. The zero-order chi connectivity index (χ0) is 20.6. The first-order valence-corrected chi connectivity index (χ1v) is 9.28. The summed E-state index contributed by atoms with van der Waals surface area (Å²) >= 11 is 0. The number of aromatic amines is 1. The van der Waals surface area contributed by atoms with Gasteiger partial charge in [0.15, 0.2) is 5.65 Å². The molecule has 0 atom stereocenters. The number of hydrogen-bond acceptors (Lipinski definition) is 6. The monoisotopic (exact) mass is 388 g/mol. The minimum absolute atomic E-state index is 0.0376. The van der Waals surface area contributed by atoms with E-state index in [-0.39, 0.29) is 22.5 Å². The van der Waals surface area contributed by atoms with Gasteiger partial charge in [-0.2, -0.15) is 0 Å². The van der Waals surface area contributed by atoms with Gasteiger partial charge in [-0.25, -0.2) is 14.6 Å². The van der Waals surface area contributed by atoms with Crippen molar-refractivity contribution in [2.45, 2.75) is 58.0 Å². The molecular formula is C19H24N4O5. The largest absolute Gasteiger partial charge is 0.467 e. The standard InChI is InChI=1S/C19H24N4O5/c1-5-8-23-14-13(16(25)21-18(23)27)11(9-12(20-14)10-6-7-10)15(24)22-19(2,3)17(26)28-4/h9-10H,5-8H2,1-4H3,(H,22,24)(H,21,25,27). The van der Waals surface area contributed by atoms with Gasteiger partial charge in [-0.15, -0.1) is 0 Å². The fourth-order valence-corrected chi connectivity index (χ4v) is 3.15. The molecule has 0 unspecified atom stereocenters. The number of ether oxygens (including phenoxy) is 1. The summed E-state index contributed by atoms with van der Waals surface area (Å²) in [5, 5.41) is 2.65. The predicted molar refractivity (Wildman–Crippen MR) is 102 cm³/mol. The summed E-state index contributed by atoms with van der Waals surface area (Å²) < 4.78 is 6.10. The van der Waals surface area contributed by atoms with Crippen LogP contribution in [0.3, 0.4) is 0 Å². The zero-order valence-electron chi connectivity index (χ0n) is 16.4. The fourth-order valence-electron chi connectivity index (χ4n) is 3.15. The first-order valence-electron chi connectivity index (χ1n) is 9.28. The van der Waals surface area contributed by atoms with Gasteiger partial charge in [0.2, 0.25) is 0 Å². The molecule has 1 fully saturated rings. The zero-order valence-corrected chi connectivity index (χ0v) is 16.4. The fraction of sp³-hybridized carbons (Fsp3) is 0.526. The van der Waals surface area contributed by atoms with E-state index in [0.717, 1.165) is 12.8 Å². The number of esters is 1. The lowest BCUT2D eigenvalue weighted by molar-refractivity contribution is -0.146. The number of carbonyl (C=O) groups excluding carboxylic acids is 2. The van der Waals surface area contributed by atoms with Crippen molar-refractivity contribution in [3.05, 3.63) is 38.2 Å². The lowest BCUT2D eigenvalue weighted by Crippen LogP contribution is -2.50. The molecule has 2 aromatic rings. The molecule has 150 valence electrons. The van der Waals surface area contributed by atoms with E-state index in [1.54, 1.807) is 6.07 Å². The molecule has 1 amide bonds. The van der Waals surface area contributed by atoms with Gasteiger partial charge >= 0.3 is 11.7 Å². The molecule has 0 aromatic carbocycles. The number of hydrogen-bond donors (Lipinski definition) is 2. The lowest BCUT2D eigenvalue weighted by atomic mass is 10.0. The van der Waals surface area contributed by atoms with Gasteiger partial charge in [0.25, 0.3) is 11.5 Å². The van der Waals surface area contributed by atoms with Crippen molar-refractivity contribution in [2.75, 3.05) is 7.11 Å². The second-order valence-electron chi connectivity index (χ2n) is 7.55. The van der Waals surface area contributed by atoms with Crippen molar-refractivity contribution < 1.29 is 14.3 Å². The number of fused-ring (bicyclic) bond motifs is 1. The number of H-pyrrole nitrogens is 1. The molecule has 0 bridgehead atoms. The van der Waals surface area contributed by atoms with Crippen molar-refractivity contribution in [3.63, 3.8) is 0 Å². The summed E-state index contributed by atoms with van der Waals surface area (Å²) in [5.74, 6) is -1.01. The van der Waals surface area contributed by atoms with Crippen LogP contribution in [-0.2, 0) is 16.1 Å². The van der Waals surface area contributed by atoms with Crippen LogP contribution >= 0.6 is 0 Å². The second kappa shape index (κ2) is 7.21. The number of aryl methyl sites for hydroxylation is 1. The van der Waals surface area contributed by atoms with Gasteiger partial charge in [0.05, 0.1) is 18.1 Å². The van der Waals surface area contributed by atoms with E-state index >= 15 is 0 Å². The van der Waals surface area contributed by atoms with Crippen molar-refractivity contribution >= 4 is 22.9 Å². The van der Waals surface area contributed by atoms with Crippen molar-refractivity contribution in [1.29, 1.82) is 0 Å². The molecule has 2 aromatic heterocycles. The molecule has 3 rings (SSSR count). The molecule has 0 spiro atoms. The maximum atomic E-state index is 13.0. The number of carbonyl (C=O) groups is 2. The third-order valence-corrected chi connectivity index (χ3v) is 4.78. The number of nitrogens with zero attached hydrogens (tertiary/aromatic N) is 2. The quantitative estimate of drug-likeness (QED) is 0.713. The summed E-state index contributed by atoms with van der Waals surface area (Å²) in [6, 6.07) is 1.58. The van der Waals surface area contributed by atoms with E-state index in [4.69, 9.17) is 4.74 Å². The Morgan fingerprint density at radius 1 is 1.36 bits per heavy atom. The molecule has 9 nitrogen and oxygen atoms in total. The first-order chi connectivity index (χ1) is 13.2. The van der Waals surface area contributed by atoms with Gasteiger partial charge in [-0.1, -0.05) is 6.92 Å². The number of amides is 1. The number of methoxy groups -OCH3 is 1. The third kappa shape index (κ3) is 3.56. The maximum Gasteiger partial charge on any atom is 0.330 e. The molecule has 0 radical (unpaired) electrons. The van der Waals surface area contributed by atoms with Crippen molar-refractivity contribution in [1.82, 2.24) is 19.9 Å². The predicted octanol–water partition coefficient (Wildman–Crippen LogP) is 1.05. The SMILES string of the molecule is CCCn1c(=O)[nH]c(=O)c2c(C(=O)NC(C)(C)C(=O)OC)cc(C3CC3)nc21. The van der Waals surface area contributed by atoms with Crippen LogP contribution < -0.4 is 16.6 Å². The molecule has 2 heterocycles. The third-order valence-electron chi connectivity index (χ3n) is 4.78. The van der Waals surface area contributed by atoms with Crippen molar-refractivity contribution in [3.8, 4) is 0 Å². The average molecular weight is 388 g/mol. The van der Waals surface area contributed by atoms with Gasteiger partial charge in [-0.3, -0.25) is 19.1 Å². The number of nitrogens with one attached hydrogen (secondary N) is 2. The molecular weight excluding hydrogens is 364 g/mol. The second-order valence-corrected chi connectivity index (χ2v) is 7.55. The van der Waals surface area contributed by atoms with E-state index in [9.17, 15) is 19.2 Å². The maximum absolute atomic E-state index is 13.0. The summed E-state index contributed by atoms with van der Waals surface area (Å²) in [7, 11) is 1.23. The van der Waals surface area contributed by atoms with Crippen LogP contribution in [0, 0.1) is 0 Å². The summed E-state index contributed by atoms with van der Waals surface area (Å²) in [6.45, 7) is 5.29. The number of aromatic nitrogens is 3. The van der Waals surface area contributed by atoms with Crippen LogP contribution in [-0.4, -0.2) is 39.1 Å². The van der Waals surface area contributed by atoms with Gasteiger partial charge < -0.3 is 10.1 Å². The van der Waals surface area contributed by atoms with Crippen LogP contribution in [0.4, 0.5) is 0 Å². The Labute approximate surface area is 161 Å². The number of pyridine rings is 1. The van der Waals surface area contributed by atoms with Crippen LogP contribution in [0.5, 0.6) is 0 Å². The highest BCUT2D eigenvalue weighted by atomic mass is 16.5. The molecule has 0 aliphatic heterocycles. The Hall–Kier alpha value is -2.97. The van der Waals surface area contributed by atoms with E-state index in [1.807, 2.05) is 6.92 Å². The molecule has 2 N–H and O–H groups in total. The van der Waals surface area contributed by atoms with E-state index in [1.165, 1.54) is 25.5 Å². The van der Waals surface area contributed by atoms with E-state index in [2.05, 4.69) is 15.3 Å². The van der Waals surface area contributed by atoms with Gasteiger partial charge in [0.1, 0.15) is 5.54 Å². The molecule has 0 saturated heterocycles. The number of rotatable bonds is 6. The average Bonchev–Trinajstić information content (AvgIpc) is 3.48. The van der Waals surface area contributed by atoms with E-state index < -0.39 is 28.7 Å². The molecule has 9 heteroatoms. The Balaban J connectivity index is 2.22.